The molecule has 1 heterocycles. The van der Waals surface area contributed by atoms with Crippen LogP contribution in [0.5, 0.6) is 0 Å². The number of aryl methyl sites for hydroxylation is 1. The lowest BCUT2D eigenvalue weighted by atomic mass is 10.0. The minimum atomic E-state index is 0.208. The summed E-state index contributed by atoms with van der Waals surface area (Å²) in [7, 11) is 0. The molecule has 0 aliphatic rings. The summed E-state index contributed by atoms with van der Waals surface area (Å²) < 4.78 is 1.11. The van der Waals surface area contributed by atoms with Crippen LogP contribution in [-0.4, -0.2) is 11.0 Å². The summed E-state index contributed by atoms with van der Waals surface area (Å²) in [5.41, 5.74) is 8.76. The third kappa shape index (κ3) is 4.24. The van der Waals surface area contributed by atoms with Crippen molar-refractivity contribution >= 4 is 15.9 Å². The highest BCUT2D eigenvalue weighted by atomic mass is 79.9. The van der Waals surface area contributed by atoms with E-state index in [4.69, 9.17) is 5.73 Å². The number of aromatic nitrogens is 1. The number of hydrogen-bond acceptors (Lipinski definition) is 2. The van der Waals surface area contributed by atoms with Crippen LogP contribution in [0, 0.1) is 0 Å². The lowest BCUT2D eigenvalue weighted by molar-refractivity contribution is 0.610. The first-order chi connectivity index (χ1) is 8.74. The zero-order chi connectivity index (χ0) is 12.8. The lowest BCUT2D eigenvalue weighted by Crippen LogP contribution is -2.23. The smallest absolute Gasteiger partial charge is 0.0270 e. The summed E-state index contributed by atoms with van der Waals surface area (Å²) in [5.74, 6) is 0. The molecule has 0 bridgehead atoms. The second-order valence-corrected chi connectivity index (χ2v) is 5.40. The Hall–Kier alpha value is -1.19. The monoisotopic (exact) mass is 304 g/mol. The van der Waals surface area contributed by atoms with E-state index in [1.165, 1.54) is 11.1 Å². The molecule has 1 unspecified atom stereocenters. The number of pyridine rings is 1. The van der Waals surface area contributed by atoms with E-state index < -0.39 is 0 Å². The minimum absolute atomic E-state index is 0.208. The molecule has 2 aromatic rings. The molecule has 3 heteroatoms. The summed E-state index contributed by atoms with van der Waals surface area (Å²) in [5, 5.41) is 0. The molecule has 0 saturated heterocycles. The van der Waals surface area contributed by atoms with Gasteiger partial charge in [0.05, 0.1) is 0 Å². The fourth-order valence-electron chi connectivity index (χ4n) is 1.93. The SMILES string of the molecule is NC(CCc1ccncc1)Cc1ccc(Br)cc1. The van der Waals surface area contributed by atoms with Gasteiger partial charge in [0.15, 0.2) is 0 Å². The molecule has 1 aromatic heterocycles. The number of hydrogen-bond donors (Lipinski definition) is 1. The van der Waals surface area contributed by atoms with Gasteiger partial charge in [-0.15, -0.1) is 0 Å². The molecule has 0 aliphatic heterocycles. The van der Waals surface area contributed by atoms with Gasteiger partial charge in [-0.3, -0.25) is 4.98 Å². The van der Waals surface area contributed by atoms with E-state index in [1.807, 2.05) is 24.5 Å². The maximum Gasteiger partial charge on any atom is 0.0270 e. The van der Waals surface area contributed by atoms with Crippen LogP contribution in [0.1, 0.15) is 17.5 Å². The normalized spacial score (nSPS) is 12.3. The Balaban J connectivity index is 1.82. The number of nitrogens with zero attached hydrogens (tertiary/aromatic N) is 1. The Bertz CT molecular complexity index is 468. The summed E-state index contributed by atoms with van der Waals surface area (Å²) in [6.45, 7) is 0. The van der Waals surface area contributed by atoms with E-state index in [1.54, 1.807) is 0 Å². The number of benzene rings is 1. The van der Waals surface area contributed by atoms with E-state index in [0.717, 1.165) is 23.7 Å². The van der Waals surface area contributed by atoms with Gasteiger partial charge in [-0.1, -0.05) is 28.1 Å². The van der Waals surface area contributed by atoms with Crippen LogP contribution in [0.15, 0.2) is 53.3 Å². The third-order valence-corrected chi connectivity index (χ3v) is 3.49. The number of nitrogens with two attached hydrogens (primary N) is 1. The molecule has 18 heavy (non-hydrogen) atoms. The van der Waals surface area contributed by atoms with E-state index in [0.29, 0.717) is 0 Å². The summed E-state index contributed by atoms with van der Waals surface area (Å²) in [6, 6.07) is 12.7. The molecule has 2 nitrogen and oxygen atoms in total. The Morgan fingerprint density at radius 1 is 1.00 bits per heavy atom. The standard InChI is InChI=1S/C15H17BrN2/c16-14-4-1-13(2-5-14)11-15(17)6-3-12-7-9-18-10-8-12/h1-2,4-5,7-10,15H,3,6,11,17H2. The van der Waals surface area contributed by atoms with Gasteiger partial charge < -0.3 is 5.73 Å². The second-order valence-electron chi connectivity index (χ2n) is 4.48. The molecule has 0 radical (unpaired) electrons. The molecule has 0 fully saturated rings. The Labute approximate surface area is 116 Å². The lowest BCUT2D eigenvalue weighted by Gasteiger charge is -2.11. The van der Waals surface area contributed by atoms with Gasteiger partial charge in [-0.25, -0.2) is 0 Å². The van der Waals surface area contributed by atoms with Gasteiger partial charge in [0.25, 0.3) is 0 Å². The van der Waals surface area contributed by atoms with E-state index in [9.17, 15) is 0 Å². The highest BCUT2D eigenvalue weighted by Crippen LogP contribution is 2.13. The number of rotatable bonds is 5. The zero-order valence-corrected chi connectivity index (χ0v) is 11.8. The molecular formula is C15H17BrN2. The zero-order valence-electron chi connectivity index (χ0n) is 10.2. The van der Waals surface area contributed by atoms with Gasteiger partial charge in [-0.2, -0.15) is 0 Å². The van der Waals surface area contributed by atoms with Crippen molar-refractivity contribution in [1.29, 1.82) is 0 Å². The molecule has 2 N–H and O–H groups in total. The molecule has 0 amide bonds. The predicted octanol–water partition coefficient (Wildman–Crippen LogP) is 3.35. The number of halogens is 1. The Morgan fingerprint density at radius 2 is 1.67 bits per heavy atom. The van der Waals surface area contributed by atoms with Crippen LogP contribution < -0.4 is 5.73 Å². The second kappa shape index (κ2) is 6.66. The largest absolute Gasteiger partial charge is 0.327 e. The molecule has 2 rings (SSSR count). The van der Waals surface area contributed by atoms with Crippen molar-refractivity contribution in [1.82, 2.24) is 4.98 Å². The van der Waals surface area contributed by atoms with Crippen molar-refractivity contribution in [3.8, 4) is 0 Å². The van der Waals surface area contributed by atoms with Crippen LogP contribution in [0.4, 0.5) is 0 Å². The first-order valence-electron chi connectivity index (χ1n) is 6.13. The van der Waals surface area contributed by atoms with Gasteiger partial charge in [0.1, 0.15) is 0 Å². The molecule has 1 atom stereocenters. The van der Waals surface area contributed by atoms with E-state index >= 15 is 0 Å². The maximum atomic E-state index is 6.16. The van der Waals surface area contributed by atoms with Gasteiger partial charge in [-0.05, 0) is 54.7 Å². The Kier molecular flexibility index (Phi) is 4.90. The van der Waals surface area contributed by atoms with E-state index in [-0.39, 0.29) is 6.04 Å². The van der Waals surface area contributed by atoms with Crippen LogP contribution in [0.25, 0.3) is 0 Å². The van der Waals surface area contributed by atoms with Gasteiger partial charge >= 0.3 is 0 Å². The van der Waals surface area contributed by atoms with Crippen molar-refractivity contribution in [3.63, 3.8) is 0 Å². The van der Waals surface area contributed by atoms with E-state index in [2.05, 4.69) is 45.2 Å². The Morgan fingerprint density at radius 3 is 2.33 bits per heavy atom. The highest BCUT2D eigenvalue weighted by molar-refractivity contribution is 9.10. The van der Waals surface area contributed by atoms with Crippen LogP contribution >= 0.6 is 15.9 Å². The van der Waals surface area contributed by atoms with Gasteiger partial charge in [0.2, 0.25) is 0 Å². The van der Waals surface area contributed by atoms with Crippen molar-refractivity contribution in [3.05, 3.63) is 64.4 Å². The molecule has 0 spiro atoms. The van der Waals surface area contributed by atoms with Crippen molar-refractivity contribution in [2.24, 2.45) is 5.73 Å². The predicted molar refractivity (Wildman–Crippen MR) is 78.4 cm³/mol. The molecule has 94 valence electrons. The fourth-order valence-corrected chi connectivity index (χ4v) is 2.19. The first-order valence-corrected chi connectivity index (χ1v) is 6.92. The summed E-state index contributed by atoms with van der Waals surface area (Å²) in [6.07, 6.45) is 6.60. The first kappa shape index (κ1) is 13.2. The van der Waals surface area contributed by atoms with Crippen molar-refractivity contribution in [2.45, 2.75) is 25.3 Å². The summed E-state index contributed by atoms with van der Waals surface area (Å²) in [4.78, 5) is 4.01. The molecule has 0 saturated carbocycles. The minimum Gasteiger partial charge on any atom is -0.327 e. The fraction of sp³-hybridized carbons (Fsp3) is 0.267. The maximum absolute atomic E-state index is 6.16. The highest BCUT2D eigenvalue weighted by Gasteiger charge is 2.04. The summed E-state index contributed by atoms with van der Waals surface area (Å²) >= 11 is 3.44. The quantitative estimate of drug-likeness (QED) is 0.920. The third-order valence-electron chi connectivity index (χ3n) is 2.96. The molecular weight excluding hydrogens is 288 g/mol. The van der Waals surface area contributed by atoms with Crippen LogP contribution in [-0.2, 0) is 12.8 Å². The van der Waals surface area contributed by atoms with Crippen molar-refractivity contribution < 1.29 is 0 Å². The average Bonchev–Trinajstić information content (AvgIpc) is 2.40. The molecule has 0 aliphatic carbocycles. The van der Waals surface area contributed by atoms with Crippen molar-refractivity contribution in [2.75, 3.05) is 0 Å². The van der Waals surface area contributed by atoms with Gasteiger partial charge in [0, 0.05) is 22.9 Å². The average molecular weight is 305 g/mol. The van der Waals surface area contributed by atoms with Crippen LogP contribution in [0.3, 0.4) is 0 Å². The molecule has 1 aromatic carbocycles. The van der Waals surface area contributed by atoms with Crippen LogP contribution in [0.2, 0.25) is 0 Å². The topological polar surface area (TPSA) is 38.9 Å².